The Hall–Kier alpha value is -4.12. The predicted octanol–water partition coefficient (Wildman–Crippen LogP) is 12.3. The Labute approximate surface area is 393 Å². The standard InChI is InChI=1S/C50H67F6N5O4Si2/c1-28(2)66(29(3)4,30(5)6)21-16-37-39(52)15-14-34-22-36(65-67(31(7)8,32(9)10)33(11)12)23-38(41(34)37)44-43(53)45-42-46(61(19-20-62)40(50(54,55)56)26-63-47(42)57-44)59-48(58-45)64-27-49-17-13-18-60(49)25-35(51)24-49/h14-15,22-23,28-33,35,40,62H,13,17-20,24-27H2,1-12H3/t35-,40?,49+/m1/s1. The molecule has 0 aliphatic carbocycles. The van der Waals surface area contributed by atoms with Crippen molar-refractivity contribution in [1.82, 2.24) is 19.9 Å². The highest BCUT2D eigenvalue weighted by Crippen LogP contribution is 2.49. The molecule has 1 unspecified atom stereocenters. The van der Waals surface area contributed by atoms with E-state index in [1.165, 1.54) is 6.07 Å². The lowest BCUT2D eigenvalue weighted by atomic mass is 9.95. The average molecular weight is 972 g/mol. The Kier molecular flexibility index (Phi) is 14.4. The lowest BCUT2D eigenvalue weighted by molar-refractivity contribution is -0.154. The van der Waals surface area contributed by atoms with Crippen LogP contribution in [0.15, 0.2) is 24.3 Å². The Balaban J connectivity index is 1.56. The number of halogens is 6. The number of hydrogen-bond acceptors (Lipinski definition) is 9. The van der Waals surface area contributed by atoms with E-state index < -0.39 is 89.1 Å². The zero-order chi connectivity index (χ0) is 49.1. The number of benzene rings is 2. The highest BCUT2D eigenvalue weighted by atomic mass is 28.4. The average Bonchev–Trinajstić information content (AvgIpc) is 3.71. The van der Waals surface area contributed by atoms with E-state index >= 15 is 22.0 Å². The number of aromatic nitrogens is 3. The summed E-state index contributed by atoms with van der Waals surface area (Å²) < 4.78 is 114. The molecule has 2 fully saturated rings. The number of β-amino-alcohol motifs (C(OH)–C–C–N with tert-alkyl or cyclic N) is 1. The minimum absolute atomic E-state index is 0.0350. The number of aliphatic hydroxyl groups is 1. The Morgan fingerprint density at radius 2 is 1.55 bits per heavy atom. The number of aliphatic hydroxyl groups excluding tert-OH is 1. The highest BCUT2D eigenvalue weighted by Gasteiger charge is 2.51. The second-order valence-electron chi connectivity index (χ2n) is 20.8. The molecule has 2 aromatic carbocycles. The molecule has 0 spiro atoms. The van der Waals surface area contributed by atoms with Crippen LogP contribution >= 0.6 is 0 Å². The van der Waals surface area contributed by atoms with Gasteiger partial charge in [0.1, 0.15) is 61.4 Å². The first-order valence-electron chi connectivity index (χ1n) is 23.9. The van der Waals surface area contributed by atoms with Crippen molar-refractivity contribution in [2.75, 3.05) is 44.4 Å². The van der Waals surface area contributed by atoms with Gasteiger partial charge in [0, 0.05) is 30.5 Å². The number of alkyl halides is 4. The molecule has 1 N–H and O–H groups in total. The number of fused-ring (bicyclic) bond motifs is 2. The predicted molar refractivity (Wildman–Crippen MR) is 258 cm³/mol. The molecule has 2 aromatic heterocycles. The molecular weight excluding hydrogens is 905 g/mol. The Morgan fingerprint density at radius 1 is 0.896 bits per heavy atom. The summed E-state index contributed by atoms with van der Waals surface area (Å²) in [6, 6.07) is 3.64. The monoisotopic (exact) mass is 971 g/mol. The van der Waals surface area contributed by atoms with Crippen LogP contribution in [0.4, 0.5) is 32.2 Å². The van der Waals surface area contributed by atoms with E-state index in [1.807, 2.05) is 11.0 Å². The number of ether oxygens (including phenoxy) is 2. The molecule has 17 heteroatoms. The van der Waals surface area contributed by atoms with Crippen molar-refractivity contribution in [3.63, 3.8) is 0 Å². The zero-order valence-electron chi connectivity index (χ0n) is 41.0. The van der Waals surface area contributed by atoms with Gasteiger partial charge in [-0.05, 0) is 76.2 Å². The van der Waals surface area contributed by atoms with E-state index in [-0.39, 0.29) is 86.3 Å². The van der Waals surface area contributed by atoms with Gasteiger partial charge < -0.3 is 23.9 Å². The summed E-state index contributed by atoms with van der Waals surface area (Å²) in [6.07, 6.45) is -4.37. The third kappa shape index (κ3) is 8.90. The third-order valence-electron chi connectivity index (χ3n) is 15.3. The molecule has 4 aromatic rings. The maximum Gasteiger partial charge on any atom is 0.412 e. The number of pyridine rings is 1. The van der Waals surface area contributed by atoms with Crippen LogP contribution in [-0.4, -0.2) is 105 Å². The first-order valence-corrected chi connectivity index (χ1v) is 28.3. The second-order valence-corrected chi connectivity index (χ2v) is 31.8. The summed E-state index contributed by atoms with van der Waals surface area (Å²) in [5.74, 6) is 1.24. The van der Waals surface area contributed by atoms with Crippen molar-refractivity contribution in [3.05, 3.63) is 41.5 Å². The topological polar surface area (TPSA) is 93.1 Å². The van der Waals surface area contributed by atoms with Crippen molar-refractivity contribution in [3.8, 4) is 40.4 Å². The van der Waals surface area contributed by atoms with Crippen LogP contribution in [0.2, 0.25) is 33.2 Å². The van der Waals surface area contributed by atoms with Crippen LogP contribution in [0.5, 0.6) is 17.6 Å². The third-order valence-corrected chi connectivity index (χ3v) is 27.5. The molecular formula is C50H67F6N5O4Si2. The fourth-order valence-corrected chi connectivity index (χ4v) is 22.7. The molecule has 2 saturated heterocycles. The summed E-state index contributed by atoms with van der Waals surface area (Å²) in [6.45, 7) is 24.3. The summed E-state index contributed by atoms with van der Waals surface area (Å²) in [7, 11) is -5.14. The largest absolute Gasteiger partial charge is 0.543 e. The summed E-state index contributed by atoms with van der Waals surface area (Å²) in [4.78, 5) is 16.5. The van der Waals surface area contributed by atoms with Gasteiger partial charge in [-0.15, -0.1) is 5.54 Å². The zero-order valence-corrected chi connectivity index (χ0v) is 43.0. The van der Waals surface area contributed by atoms with Crippen LogP contribution in [0.3, 0.4) is 0 Å². The molecule has 0 amide bonds. The molecule has 7 rings (SSSR count). The SMILES string of the molecule is CC(C)[Si](C#Cc1c(F)ccc2cc(O[Si](C(C)C)(C(C)C)C(C)C)cc(-c3nc4c5c(nc(OC[C@@]67CCCN6C[C@H](F)C7)nc5c3F)N(CCO)C(C(F)(F)F)CO4)c12)(C(C)C)C(C)C. The minimum Gasteiger partial charge on any atom is -0.543 e. The van der Waals surface area contributed by atoms with Gasteiger partial charge in [-0.2, -0.15) is 23.1 Å². The van der Waals surface area contributed by atoms with E-state index in [2.05, 4.69) is 105 Å². The molecule has 0 radical (unpaired) electrons. The molecule has 0 saturated carbocycles. The van der Waals surface area contributed by atoms with Crippen LogP contribution in [-0.2, 0) is 0 Å². The first kappa shape index (κ1) is 50.8. The van der Waals surface area contributed by atoms with Crippen molar-refractivity contribution < 1.29 is 45.3 Å². The van der Waals surface area contributed by atoms with E-state index in [0.29, 0.717) is 24.1 Å². The number of hydrogen-bond donors (Lipinski definition) is 1. The maximum atomic E-state index is 18.2. The Morgan fingerprint density at radius 3 is 2.15 bits per heavy atom. The second kappa shape index (κ2) is 19.0. The first-order chi connectivity index (χ1) is 31.4. The summed E-state index contributed by atoms with van der Waals surface area (Å²) in [5, 5.41) is 10.6. The smallest absolute Gasteiger partial charge is 0.412 e. The molecule has 366 valence electrons. The van der Waals surface area contributed by atoms with Crippen molar-refractivity contribution in [2.45, 2.75) is 160 Å². The van der Waals surface area contributed by atoms with Gasteiger partial charge in [0.25, 0.3) is 8.32 Å². The normalized spacial score (nSPS) is 20.5. The van der Waals surface area contributed by atoms with Gasteiger partial charge in [0.2, 0.25) is 5.88 Å². The molecule has 3 aliphatic rings. The van der Waals surface area contributed by atoms with Gasteiger partial charge >= 0.3 is 12.2 Å². The minimum atomic E-state index is -4.90. The van der Waals surface area contributed by atoms with Crippen LogP contribution in [0, 0.1) is 23.1 Å². The fourth-order valence-electron chi connectivity index (χ4n) is 12.3. The summed E-state index contributed by atoms with van der Waals surface area (Å²) >= 11 is 0. The van der Waals surface area contributed by atoms with Crippen LogP contribution in [0.1, 0.15) is 108 Å². The van der Waals surface area contributed by atoms with Crippen LogP contribution in [0.25, 0.3) is 32.9 Å². The van der Waals surface area contributed by atoms with Crippen molar-refractivity contribution in [2.24, 2.45) is 0 Å². The lowest BCUT2D eigenvalue weighted by Gasteiger charge is -2.42. The molecule has 5 heterocycles. The number of rotatable bonds is 14. The molecule has 67 heavy (non-hydrogen) atoms. The Bertz CT molecular complexity index is 2500. The fraction of sp³-hybridized carbons (Fsp3) is 0.620. The van der Waals surface area contributed by atoms with Gasteiger partial charge in [-0.25, -0.2) is 18.2 Å². The van der Waals surface area contributed by atoms with E-state index in [1.54, 1.807) is 12.1 Å². The van der Waals surface area contributed by atoms with Gasteiger partial charge in [0.05, 0.1) is 17.7 Å². The van der Waals surface area contributed by atoms with Gasteiger partial charge in [0.15, 0.2) is 11.9 Å². The molecule has 9 nitrogen and oxygen atoms in total. The molecule has 3 atom stereocenters. The molecule has 0 bridgehead atoms. The van der Waals surface area contributed by atoms with Crippen LogP contribution < -0.4 is 18.8 Å². The number of anilines is 1. The van der Waals surface area contributed by atoms with Gasteiger partial charge in [-0.3, -0.25) is 4.90 Å². The quantitative estimate of drug-likeness (QED) is 0.0753. The van der Waals surface area contributed by atoms with Crippen molar-refractivity contribution in [1.29, 1.82) is 0 Å². The van der Waals surface area contributed by atoms with Crippen molar-refractivity contribution >= 4 is 43.9 Å². The number of nitrogens with zero attached hydrogens (tertiary/aromatic N) is 5. The van der Waals surface area contributed by atoms with E-state index in [9.17, 15) is 9.50 Å². The summed E-state index contributed by atoms with van der Waals surface area (Å²) in [5.41, 5.74) is 3.33. The maximum absolute atomic E-state index is 18.2. The lowest BCUT2D eigenvalue weighted by Crippen LogP contribution is -2.50. The highest BCUT2D eigenvalue weighted by molar-refractivity contribution is 6.90. The van der Waals surface area contributed by atoms with Gasteiger partial charge in [-0.1, -0.05) is 95.1 Å². The molecule has 3 aliphatic heterocycles. The van der Waals surface area contributed by atoms with E-state index in [4.69, 9.17) is 18.9 Å². The van der Waals surface area contributed by atoms with E-state index in [0.717, 1.165) is 11.3 Å².